The van der Waals surface area contributed by atoms with E-state index < -0.39 is 0 Å². The van der Waals surface area contributed by atoms with Crippen LogP contribution in [-0.4, -0.2) is 27.2 Å². The molecule has 2 heterocycles. The molecule has 0 bridgehead atoms. The van der Waals surface area contributed by atoms with Crippen LogP contribution in [0.3, 0.4) is 0 Å². The van der Waals surface area contributed by atoms with Crippen molar-refractivity contribution in [3.63, 3.8) is 0 Å². The number of carbonyl (C=O) groups excluding carboxylic acids is 1. The predicted octanol–water partition coefficient (Wildman–Crippen LogP) is 3.52. The molecule has 26 heavy (non-hydrogen) atoms. The van der Waals surface area contributed by atoms with Crippen molar-refractivity contribution in [3.05, 3.63) is 58.9 Å². The van der Waals surface area contributed by atoms with Crippen molar-refractivity contribution >= 4 is 16.9 Å². The van der Waals surface area contributed by atoms with Crippen molar-refractivity contribution in [3.8, 4) is 0 Å². The summed E-state index contributed by atoms with van der Waals surface area (Å²) >= 11 is 0. The van der Waals surface area contributed by atoms with Crippen LogP contribution in [-0.2, 0) is 13.5 Å². The molecule has 5 heteroatoms. The van der Waals surface area contributed by atoms with E-state index >= 15 is 0 Å². The van der Waals surface area contributed by atoms with E-state index in [0.29, 0.717) is 18.0 Å². The first-order valence-electron chi connectivity index (χ1n) is 9.30. The number of carbonyl (C=O) groups is 1. The van der Waals surface area contributed by atoms with Gasteiger partial charge in [0.15, 0.2) is 5.65 Å². The number of aryl methyl sites for hydroxylation is 3. The Labute approximate surface area is 153 Å². The van der Waals surface area contributed by atoms with Crippen molar-refractivity contribution < 1.29 is 4.79 Å². The Bertz CT molecular complexity index is 942. The summed E-state index contributed by atoms with van der Waals surface area (Å²) in [5.74, 6) is 0.475. The summed E-state index contributed by atoms with van der Waals surface area (Å²) < 4.78 is 1.78. The highest BCUT2D eigenvalue weighted by Gasteiger charge is 2.28. The molecule has 1 aliphatic carbocycles. The molecule has 0 spiro atoms. The lowest BCUT2D eigenvalue weighted by Crippen LogP contribution is -2.25. The zero-order valence-corrected chi connectivity index (χ0v) is 15.3. The number of benzene rings is 1. The third-order valence-electron chi connectivity index (χ3n) is 5.00. The molecule has 0 unspecified atom stereocenters. The summed E-state index contributed by atoms with van der Waals surface area (Å²) in [5.41, 5.74) is 4.69. The molecule has 0 saturated heterocycles. The van der Waals surface area contributed by atoms with E-state index in [1.165, 1.54) is 5.56 Å². The van der Waals surface area contributed by atoms with Crippen LogP contribution in [0.4, 0.5) is 0 Å². The summed E-state index contributed by atoms with van der Waals surface area (Å²) in [6.07, 6.45) is 4.21. The van der Waals surface area contributed by atoms with E-state index in [1.807, 2.05) is 38.2 Å². The van der Waals surface area contributed by atoms with Crippen molar-refractivity contribution in [1.29, 1.82) is 0 Å². The van der Waals surface area contributed by atoms with E-state index in [4.69, 9.17) is 4.98 Å². The van der Waals surface area contributed by atoms with Gasteiger partial charge >= 0.3 is 0 Å². The second kappa shape index (κ2) is 6.90. The van der Waals surface area contributed by atoms with E-state index in [-0.39, 0.29) is 5.91 Å². The number of hydrogen-bond donors (Lipinski definition) is 1. The Morgan fingerprint density at radius 3 is 2.77 bits per heavy atom. The summed E-state index contributed by atoms with van der Waals surface area (Å²) in [6, 6.07) is 12.3. The highest BCUT2D eigenvalue weighted by Crippen LogP contribution is 2.40. The van der Waals surface area contributed by atoms with Gasteiger partial charge < -0.3 is 5.32 Å². The van der Waals surface area contributed by atoms with E-state index in [0.717, 1.165) is 48.1 Å². The van der Waals surface area contributed by atoms with Gasteiger partial charge in [-0.1, -0.05) is 30.3 Å². The Morgan fingerprint density at radius 1 is 1.27 bits per heavy atom. The minimum absolute atomic E-state index is 0.0246. The number of amides is 1. The van der Waals surface area contributed by atoms with Gasteiger partial charge in [0.1, 0.15) is 0 Å². The predicted molar refractivity (Wildman–Crippen MR) is 102 cm³/mol. The molecule has 1 fully saturated rings. The quantitative estimate of drug-likeness (QED) is 0.694. The fraction of sp³-hybridized carbons (Fsp3) is 0.381. The first kappa shape index (κ1) is 16.8. The summed E-state index contributed by atoms with van der Waals surface area (Å²) in [4.78, 5) is 17.6. The monoisotopic (exact) mass is 348 g/mol. The van der Waals surface area contributed by atoms with Crippen LogP contribution < -0.4 is 5.32 Å². The molecular weight excluding hydrogens is 324 g/mol. The van der Waals surface area contributed by atoms with Gasteiger partial charge in [0.2, 0.25) is 0 Å². The van der Waals surface area contributed by atoms with Crippen LogP contribution in [0.5, 0.6) is 0 Å². The smallest absolute Gasteiger partial charge is 0.252 e. The molecule has 3 aromatic rings. The number of fused-ring (bicyclic) bond motifs is 1. The normalized spacial score (nSPS) is 13.9. The minimum Gasteiger partial charge on any atom is -0.352 e. The average molecular weight is 348 g/mol. The summed E-state index contributed by atoms with van der Waals surface area (Å²) in [6.45, 7) is 2.60. The Hall–Kier alpha value is -2.69. The molecule has 0 aliphatic heterocycles. The average Bonchev–Trinajstić information content (AvgIpc) is 3.46. The maximum atomic E-state index is 12.9. The SMILES string of the molecule is Cc1nn(C)c2nc(C3CC3)cc(C(=O)NCCCc3ccccc3)c12. The topological polar surface area (TPSA) is 59.8 Å². The first-order chi connectivity index (χ1) is 12.6. The molecule has 1 saturated carbocycles. The van der Waals surface area contributed by atoms with Crippen LogP contribution in [0.2, 0.25) is 0 Å². The number of hydrogen-bond acceptors (Lipinski definition) is 3. The molecule has 1 aliphatic rings. The molecule has 0 radical (unpaired) electrons. The Balaban J connectivity index is 1.50. The maximum absolute atomic E-state index is 12.9. The molecule has 2 aromatic heterocycles. The fourth-order valence-electron chi connectivity index (χ4n) is 3.47. The van der Waals surface area contributed by atoms with Gasteiger partial charge in [-0.3, -0.25) is 9.48 Å². The van der Waals surface area contributed by atoms with Crippen molar-refractivity contribution in [2.24, 2.45) is 7.05 Å². The largest absolute Gasteiger partial charge is 0.352 e. The Morgan fingerprint density at radius 2 is 2.04 bits per heavy atom. The molecular formula is C21H24N4O. The fourth-order valence-corrected chi connectivity index (χ4v) is 3.47. The summed E-state index contributed by atoms with van der Waals surface area (Å²) in [5, 5.41) is 8.42. The molecule has 1 amide bonds. The molecule has 0 atom stereocenters. The minimum atomic E-state index is -0.0246. The third-order valence-corrected chi connectivity index (χ3v) is 5.00. The van der Waals surface area contributed by atoms with Gasteiger partial charge in [0.05, 0.1) is 16.6 Å². The molecule has 134 valence electrons. The maximum Gasteiger partial charge on any atom is 0.252 e. The number of nitrogens with one attached hydrogen (secondary N) is 1. The van der Waals surface area contributed by atoms with Crippen LogP contribution in [0.25, 0.3) is 11.0 Å². The van der Waals surface area contributed by atoms with Crippen LogP contribution in [0.15, 0.2) is 36.4 Å². The van der Waals surface area contributed by atoms with Gasteiger partial charge in [-0.25, -0.2) is 4.98 Å². The molecule has 1 N–H and O–H groups in total. The van der Waals surface area contributed by atoms with Gasteiger partial charge in [0.25, 0.3) is 5.91 Å². The number of pyridine rings is 1. The highest BCUT2D eigenvalue weighted by molar-refractivity contribution is 6.06. The molecule has 4 rings (SSSR count). The van der Waals surface area contributed by atoms with Crippen molar-refractivity contribution in [2.75, 3.05) is 6.54 Å². The Kier molecular flexibility index (Phi) is 4.45. The van der Waals surface area contributed by atoms with Crippen molar-refractivity contribution in [1.82, 2.24) is 20.1 Å². The van der Waals surface area contributed by atoms with Crippen LogP contribution in [0, 0.1) is 6.92 Å². The van der Waals surface area contributed by atoms with Gasteiger partial charge in [-0.15, -0.1) is 0 Å². The zero-order chi connectivity index (χ0) is 18.1. The van der Waals surface area contributed by atoms with Crippen LogP contribution >= 0.6 is 0 Å². The van der Waals surface area contributed by atoms with Crippen LogP contribution in [0.1, 0.15) is 52.5 Å². The standard InChI is InChI=1S/C21H24N4O/c1-14-19-17(13-18(16-10-11-16)23-20(19)25(2)24-14)21(26)22-12-6-9-15-7-4-3-5-8-15/h3-5,7-8,13,16H,6,9-12H2,1-2H3,(H,22,26). The lowest BCUT2D eigenvalue weighted by Gasteiger charge is -2.09. The van der Waals surface area contributed by atoms with E-state index in [2.05, 4.69) is 22.5 Å². The first-order valence-corrected chi connectivity index (χ1v) is 9.30. The van der Waals surface area contributed by atoms with Gasteiger partial charge in [0, 0.05) is 25.2 Å². The third kappa shape index (κ3) is 3.34. The van der Waals surface area contributed by atoms with Crippen molar-refractivity contribution in [2.45, 2.75) is 38.5 Å². The second-order valence-corrected chi connectivity index (χ2v) is 7.12. The second-order valence-electron chi connectivity index (χ2n) is 7.12. The summed E-state index contributed by atoms with van der Waals surface area (Å²) in [7, 11) is 1.89. The van der Waals surface area contributed by atoms with Gasteiger partial charge in [-0.2, -0.15) is 5.10 Å². The van der Waals surface area contributed by atoms with Gasteiger partial charge in [-0.05, 0) is 44.2 Å². The lowest BCUT2D eigenvalue weighted by molar-refractivity contribution is 0.0954. The lowest BCUT2D eigenvalue weighted by atomic mass is 10.1. The molecule has 5 nitrogen and oxygen atoms in total. The molecule has 1 aromatic carbocycles. The van der Waals surface area contributed by atoms with E-state index in [9.17, 15) is 4.79 Å². The number of aromatic nitrogens is 3. The van der Waals surface area contributed by atoms with E-state index in [1.54, 1.807) is 4.68 Å². The number of rotatable bonds is 6. The highest BCUT2D eigenvalue weighted by atomic mass is 16.1. The number of nitrogens with zero attached hydrogens (tertiary/aromatic N) is 3. The zero-order valence-electron chi connectivity index (χ0n) is 15.3.